The molecule has 0 N–H and O–H groups in total. The number of hydrogen-bond acceptors (Lipinski definition) is 5. The fraction of sp³-hybridized carbons (Fsp3) is 0. The molecule has 0 radical (unpaired) electrons. The normalized spacial score (nSPS) is 11.9. The smallest absolute Gasteiger partial charge is 0.164 e. The summed E-state index contributed by atoms with van der Waals surface area (Å²) in [5.74, 6) is 2.00. The van der Waals surface area contributed by atoms with Gasteiger partial charge in [0.1, 0.15) is 0 Å². The van der Waals surface area contributed by atoms with Crippen LogP contribution in [0.2, 0.25) is 0 Å². The minimum atomic E-state index is 0.667. The van der Waals surface area contributed by atoms with Crippen LogP contribution in [0.1, 0.15) is 0 Å². The summed E-state index contributed by atoms with van der Waals surface area (Å²) >= 11 is 3.71. The molecule has 0 unspecified atom stereocenters. The van der Waals surface area contributed by atoms with Crippen LogP contribution >= 0.6 is 22.7 Å². The van der Waals surface area contributed by atoms with E-state index in [9.17, 15) is 0 Å². The van der Waals surface area contributed by atoms with E-state index in [0.29, 0.717) is 17.5 Å². The van der Waals surface area contributed by atoms with Crippen LogP contribution in [-0.2, 0) is 0 Å². The Bertz CT molecular complexity index is 3030. The van der Waals surface area contributed by atoms with Gasteiger partial charge in [-0.3, -0.25) is 0 Å². The first-order valence-electron chi connectivity index (χ1n) is 16.9. The van der Waals surface area contributed by atoms with Gasteiger partial charge in [0, 0.05) is 73.5 Å². The Labute approximate surface area is 300 Å². The van der Waals surface area contributed by atoms with E-state index in [-0.39, 0.29) is 0 Å². The van der Waals surface area contributed by atoms with E-state index < -0.39 is 0 Å². The summed E-state index contributed by atoms with van der Waals surface area (Å²) in [5.41, 5.74) is 6.53. The van der Waals surface area contributed by atoms with Crippen LogP contribution in [0, 0.1) is 0 Å². The van der Waals surface area contributed by atoms with Crippen molar-refractivity contribution < 1.29 is 0 Å². The summed E-state index contributed by atoms with van der Waals surface area (Å²) in [6.07, 6.45) is 0. The lowest BCUT2D eigenvalue weighted by molar-refractivity contribution is 1.07. The predicted octanol–water partition coefficient (Wildman–Crippen LogP) is 12.7. The second-order valence-electron chi connectivity index (χ2n) is 12.8. The van der Waals surface area contributed by atoms with Crippen LogP contribution in [0.25, 0.3) is 102 Å². The standard InChI is InChI=1S/C45H26N4S2/c1-3-11-27(12-4-1)43-46-44(28-13-5-2-6-14-28)48-45(47-43)29-19-21-39-33(23-29)35-25-36-34-24-30(20-22-40(34)51-42(36)26-41(35)50-39)49-37-17-9-7-15-31(37)32-16-8-10-18-38(32)49/h1-26H. The highest BCUT2D eigenvalue weighted by Crippen LogP contribution is 2.43. The molecule has 0 atom stereocenters. The Hall–Kier alpha value is -6.21. The molecule has 4 aromatic heterocycles. The van der Waals surface area contributed by atoms with E-state index in [1.807, 2.05) is 83.3 Å². The van der Waals surface area contributed by atoms with Gasteiger partial charge in [0.05, 0.1) is 11.0 Å². The molecule has 6 heteroatoms. The lowest BCUT2D eigenvalue weighted by Crippen LogP contribution is -2.00. The van der Waals surface area contributed by atoms with Crippen LogP contribution in [0.4, 0.5) is 0 Å². The van der Waals surface area contributed by atoms with Gasteiger partial charge < -0.3 is 4.57 Å². The predicted molar refractivity (Wildman–Crippen MR) is 216 cm³/mol. The molecule has 0 amide bonds. The maximum absolute atomic E-state index is 5.01. The Morgan fingerprint density at radius 3 is 1.39 bits per heavy atom. The topological polar surface area (TPSA) is 43.6 Å². The molecule has 0 saturated carbocycles. The fourth-order valence-corrected chi connectivity index (χ4v) is 9.74. The highest BCUT2D eigenvalue weighted by Gasteiger charge is 2.17. The summed E-state index contributed by atoms with van der Waals surface area (Å²) in [7, 11) is 0. The third kappa shape index (κ3) is 4.54. The van der Waals surface area contributed by atoms with Crippen LogP contribution < -0.4 is 0 Å². The van der Waals surface area contributed by atoms with Crippen molar-refractivity contribution in [2.24, 2.45) is 0 Å². The second kappa shape index (κ2) is 11.2. The number of aromatic nitrogens is 4. The molecule has 0 bridgehead atoms. The van der Waals surface area contributed by atoms with Gasteiger partial charge in [0.25, 0.3) is 0 Å². The minimum Gasteiger partial charge on any atom is -0.309 e. The molecule has 51 heavy (non-hydrogen) atoms. The minimum absolute atomic E-state index is 0.667. The zero-order valence-electron chi connectivity index (χ0n) is 27.1. The van der Waals surface area contributed by atoms with Crippen molar-refractivity contribution in [3.8, 4) is 39.9 Å². The number of benzene rings is 7. The molecule has 7 aromatic carbocycles. The summed E-state index contributed by atoms with van der Waals surface area (Å²) in [6.45, 7) is 0. The molecule has 0 spiro atoms. The van der Waals surface area contributed by atoms with Crippen molar-refractivity contribution in [2.75, 3.05) is 0 Å². The zero-order chi connectivity index (χ0) is 33.5. The van der Waals surface area contributed by atoms with Crippen molar-refractivity contribution in [3.05, 3.63) is 158 Å². The number of thiophene rings is 2. The van der Waals surface area contributed by atoms with Gasteiger partial charge in [-0.1, -0.05) is 97.1 Å². The van der Waals surface area contributed by atoms with Gasteiger partial charge in [0.2, 0.25) is 0 Å². The van der Waals surface area contributed by atoms with Crippen molar-refractivity contribution in [1.82, 2.24) is 19.5 Å². The van der Waals surface area contributed by atoms with Crippen molar-refractivity contribution in [3.63, 3.8) is 0 Å². The molecular weight excluding hydrogens is 661 g/mol. The highest BCUT2D eigenvalue weighted by molar-refractivity contribution is 7.28. The molecule has 4 heterocycles. The lowest BCUT2D eigenvalue weighted by atomic mass is 10.1. The Morgan fingerprint density at radius 2 is 0.804 bits per heavy atom. The van der Waals surface area contributed by atoms with Crippen LogP contribution in [0.3, 0.4) is 0 Å². The zero-order valence-corrected chi connectivity index (χ0v) is 28.7. The van der Waals surface area contributed by atoms with Crippen LogP contribution in [-0.4, -0.2) is 19.5 Å². The summed E-state index contributed by atoms with van der Waals surface area (Å²) in [4.78, 5) is 14.9. The van der Waals surface area contributed by atoms with Crippen LogP contribution in [0.5, 0.6) is 0 Å². The quantitative estimate of drug-likeness (QED) is 0.185. The Balaban J connectivity index is 1.10. The number of rotatable bonds is 4. The fourth-order valence-electron chi connectivity index (χ4n) is 7.45. The second-order valence-corrected chi connectivity index (χ2v) is 15.0. The van der Waals surface area contributed by atoms with E-state index in [1.165, 1.54) is 67.8 Å². The highest BCUT2D eigenvalue weighted by atomic mass is 32.1. The third-order valence-corrected chi connectivity index (χ3v) is 12.1. The SMILES string of the molecule is c1ccc(-c2nc(-c3ccccc3)nc(-c3ccc4sc5cc6sc7ccc(-n8c9ccccc9c9ccccc98)cc7c6cc5c4c3)n2)cc1. The maximum Gasteiger partial charge on any atom is 0.164 e. The number of para-hydroxylation sites is 2. The lowest BCUT2D eigenvalue weighted by Gasteiger charge is -2.08. The third-order valence-electron chi connectivity index (χ3n) is 9.84. The maximum atomic E-state index is 5.01. The molecule has 11 aromatic rings. The van der Waals surface area contributed by atoms with Gasteiger partial charge in [0.15, 0.2) is 17.5 Å². The first-order chi connectivity index (χ1) is 25.2. The first-order valence-corrected chi connectivity index (χ1v) is 18.6. The summed E-state index contributed by atoms with van der Waals surface area (Å²) < 4.78 is 7.54. The monoisotopic (exact) mass is 686 g/mol. The molecule has 0 aliphatic rings. The Morgan fingerprint density at radius 1 is 0.333 bits per heavy atom. The van der Waals surface area contributed by atoms with E-state index in [0.717, 1.165) is 16.7 Å². The molecule has 0 saturated heterocycles. The average molecular weight is 687 g/mol. The average Bonchev–Trinajstić information content (AvgIpc) is 3.85. The van der Waals surface area contributed by atoms with Gasteiger partial charge in [-0.2, -0.15) is 0 Å². The van der Waals surface area contributed by atoms with Gasteiger partial charge >= 0.3 is 0 Å². The molecule has 4 nitrogen and oxygen atoms in total. The largest absolute Gasteiger partial charge is 0.309 e. The van der Waals surface area contributed by atoms with Crippen molar-refractivity contribution in [2.45, 2.75) is 0 Å². The Kier molecular flexibility index (Phi) is 6.26. The molecule has 0 aliphatic carbocycles. The van der Waals surface area contributed by atoms with E-state index >= 15 is 0 Å². The van der Waals surface area contributed by atoms with Crippen LogP contribution in [0.15, 0.2) is 158 Å². The van der Waals surface area contributed by atoms with Gasteiger partial charge in [-0.05, 0) is 60.7 Å². The number of hydrogen-bond donors (Lipinski definition) is 0. The van der Waals surface area contributed by atoms with Gasteiger partial charge in [-0.25, -0.2) is 15.0 Å². The molecule has 0 fully saturated rings. The molecule has 11 rings (SSSR count). The van der Waals surface area contributed by atoms with Crippen molar-refractivity contribution in [1.29, 1.82) is 0 Å². The van der Waals surface area contributed by atoms with E-state index in [1.54, 1.807) is 0 Å². The number of nitrogens with zero attached hydrogens (tertiary/aromatic N) is 4. The molecule has 0 aliphatic heterocycles. The summed E-state index contributed by atoms with van der Waals surface area (Å²) in [5, 5.41) is 7.59. The van der Waals surface area contributed by atoms with Gasteiger partial charge in [-0.15, -0.1) is 22.7 Å². The van der Waals surface area contributed by atoms with Crippen molar-refractivity contribution >= 4 is 84.8 Å². The first kappa shape index (κ1) is 28.6. The molecule has 238 valence electrons. The van der Waals surface area contributed by atoms with E-state index in [4.69, 9.17) is 15.0 Å². The summed E-state index contributed by atoms with van der Waals surface area (Å²) in [6, 6.07) is 56.0. The van der Waals surface area contributed by atoms with E-state index in [2.05, 4.69) is 102 Å². The number of fused-ring (bicyclic) bond motifs is 9. The molecular formula is C45H26N4S2.